The summed E-state index contributed by atoms with van der Waals surface area (Å²) in [6.07, 6.45) is 2.56. The monoisotopic (exact) mass is 215 g/mol. The van der Waals surface area contributed by atoms with E-state index in [0.717, 1.165) is 32.5 Å². The molecule has 0 spiro atoms. The Labute approximate surface area is 90.9 Å². The van der Waals surface area contributed by atoms with Crippen LogP contribution >= 0.6 is 0 Å². The lowest BCUT2D eigenvalue weighted by molar-refractivity contribution is -0.125. The van der Waals surface area contributed by atoms with Crippen LogP contribution in [0.5, 0.6) is 0 Å². The highest BCUT2D eigenvalue weighted by atomic mass is 16.5. The third-order valence-electron chi connectivity index (χ3n) is 2.92. The zero-order valence-corrected chi connectivity index (χ0v) is 9.53. The Hall–Kier alpha value is -0.650. The number of nitrogens with one attached hydrogen (secondary N) is 1. The van der Waals surface area contributed by atoms with Crippen LogP contribution in [0.3, 0.4) is 0 Å². The van der Waals surface area contributed by atoms with Crippen molar-refractivity contribution in [3.05, 3.63) is 0 Å². The van der Waals surface area contributed by atoms with E-state index in [1.807, 2.05) is 6.92 Å². The van der Waals surface area contributed by atoms with Gasteiger partial charge >= 0.3 is 0 Å². The number of likely N-dealkylation sites (tertiary alicyclic amines) is 1. The predicted octanol–water partition coefficient (Wildman–Crippen LogP) is -0.277. The van der Waals surface area contributed by atoms with Gasteiger partial charge in [-0.15, -0.1) is 0 Å². The molecular formula is C10H21N3O2. The Morgan fingerprint density at radius 1 is 1.73 bits per heavy atom. The number of hydrazine groups is 1. The van der Waals surface area contributed by atoms with Gasteiger partial charge in [0.25, 0.3) is 0 Å². The number of nitrogens with zero attached hydrogens (tertiary/aromatic N) is 1. The summed E-state index contributed by atoms with van der Waals surface area (Å²) < 4.78 is 5.32. The lowest BCUT2D eigenvalue weighted by atomic mass is 10.1. The minimum atomic E-state index is -0.102. The van der Waals surface area contributed by atoms with Crippen LogP contribution < -0.4 is 11.3 Å². The largest absolute Gasteiger partial charge is 0.380 e. The van der Waals surface area contributed by atoms with Crippen LogP contribution in [-0.4, -0.2) is 43.7 Å². The molecule has 1 rings (SSSR count). The maximum atomic E-state index is 11.2. The van der Waals surface area contributed by atoms with E-state index < -0.39 is 0 Å². The third kappa shape index (κ3) is 3.77. The van der Waals surface area contributed by atoms with E-state index in [9.17, 15) is 4.79 Å². The van der Waals surface area contributed by atoms with Gasteiger partial charge in [0.1, 0.15) is 0 Å². The SMILES string of the molecule is COC1CCCN(CC(C)C(=O)NN)C1. The van der Waals surface area contributed by atoms with Gasteiger partial charge in [-0.3, -0.25) is 15.1 Å². The molecule has 0 saturated carbocycles. The molecule has 2 unspecified atom stereocenters. The van der Waals surface area contributed by atoms with Crippen molar-refractivity contribution in [2.75, 3.05) is 26.7 Å². The number of hydrogen-bond acceptors (Lipinski definition) is 4. The summed E-state index contributed by atoms with van der Waals surface area (Å²) in [4.78, 5) is 13.5. The molecule has 5 heteroatoms. The minimum absolute atomic E-state index is 0.0643. The van der Waals surface area contributed by atoms with E-state index >= 15 is 0 Å². The number of carbonyl (C=O) groups excluding carboxylic acids is 1. The zero-order chi connectivity index (χ0) is 11.3. The van der Waals surface area contributed by atoms with Gasteiger partial charge in [0.05, 0.1) is 6.10 Å². The van der Waals surface area contributed by atoms with E-state index in [-0.39, 0.29) is 11.8 Å². The second-order valence-electron chi connectivity index (χ2n) is 4.17. The number of carbonyl (C=O) groups is 1. The molecule has 0 aromatic rings. The molecule has 15 heavy (non-hydrogen) atoms. The fourth-order valence-electron chi connectivity index (χ4n) is 1.98. The van der Waals surface area contributed by atoms with Gasteiger partial charge in [-0.05, 0) is 19.4 Å². The summed E-state index contributed by atoms with van der Waals surface area (Å²) in [5.74, 6) is 4.92. The van der Waals surface area contributed by atoms with Gasteiger partial charge in [-0.2, -0.15) is 0 Å². The predicted molar refractivity (Wildman–Crippen MR) is 58.0 cm³/mol. The molecule has 88 valence electrons. The molecule has 1 amide bonds. The van der Waals surface area contributed by atoms with Crippen molar-refractivity contribution in [3.8, 4) is 0 Å². The molecule has 5 nitrogen and oxygen atoms in total. The molecule has 0 bridgehead atoms. The van der Waals surface area contributed by atoms with Gasteiger partial charge in [-0.1, -0.05) is 6.92 Å². The van der Waals surface area contributed by atoms with Crippen LogP contribution in [0.25, 0.3) is 0 Å². The lowest BCUT2D eigenvalue weighted by Crippen LogP contribution is -2.45. The first-order valence-electron chi connectivity index (χ1n) is 5.43. The number of piperidine rings is 1. The number of rotatable bonds is 4. The Morgan fingerprint density at radius 3 is 3.07 bits per heavy atom. The average molecular weight is 215 g/mol. The van der Waals surface area contributed by atoms with Crippen LogP contribution in [-0.2, 0) is 9.53 Å². The molecule has 1 saturated heterocycles. The quantitative estimate of drug-likeness (QED) is 0.384. The van der Waals surface area contributed by atoms with Crippen molar-refractivity contribution >= 4 is 5.91 Å². The Bertz CT molecular complexity index is 211. The van der Waals surface area contributed by atoms with Crippen LogP contribution in [0.15, 0.2) is 0 Å². The van der Waals surface area contributed by atoms with Gasteiger partial charge in [0.15, 0.2) is 0 Å². The van der Waals surface area contributed by atoms with Gasteiger partial charge in [0.2, 0.25) is 5.91 Å². The summed E-state index contributed by atoms with van der Waals surface area (Å²) in [5, 5.41) is 0. The van der Waals surface area contributed by atoms with Crippen molar-refractivity contribution in [1.82, 2.24) is 10.3 Å². The summed E-state index contributed by atoms with van der Waals surface area (Å²) in [5.41, 5.74) is 2.18. The molecule has 1 aliphatic rings. The molecule has 0 radical (unpaired) electrons. The number of nitrogens with two attached hydrogens (primary N) is 1. The molecule has 3 N–H and O–H groups in total. The molecule has 1 aliphatic heterocycles. The fourth-order valence-corrected chi connectivity index (χ4v) is 1.98. The summed E-state index contributed by atoms with van der Waals surface area (Å²) >= 11 is 0. The average Bonchev–Trinajstić information content (AvgIpc) is 2.28. The Kier molecular flexibility index (Phi) is 5.01. The van der Waals surface area contributed by atoms with E-state index in [4.69, 9.17) is 10.6 Å². The second-order valence-corrected chi connectivity index (χ2v) is 4.17. The maximum absolute atomic E-state index is 11.2. The highest BCUT2D eigenvalue weighted by Crippen LogP contribution is 2.13. The topological polar surface area (TPSA) is 67.6 Å². The zero-order valence-electron chi connectivity index (χ0n) is 9.53. The fraction of sp³-hybridized carbons (Fsp3) is 0.900. The van der Waals surface area contributed by atoms with Gasteiger partial charge in [-0.25, -0.2) is 5.84 Å². The lowest BCUT2D eigenvalue weighted by Gasteiger charge is -2.33. The first kappa shape index (κ1) is 12.4. The maximum Gasteiger partial charge on any atom is 0.237 e. The van der Waals surface area contributed by atoms with Crippen molar-refractivity contribution in [2.45, 2.75) is 25.9 Å². The molecular weight excluding hydrogens is 194 g/mol. The molecule has 2 atom stereocenters. The van der Waals surface area contributed by atoms with E-state index in [1.165, 1.54) is 0 Å². The smallest absolute Gasteiger partial charge is 0.237 e. The van der Waals surface area contributed by atoms with Crippen molar-refractivity contribution in [3.63, 3.8) is 0 Å². The molecule has 1 fully saturated rings. The van der Waals surface area contributed by atoms with Gasteiger partial charge in [0, 0.05) is 26.1 Å². The number of methoxy groups -OCH3 is 1. The highest BCUT2D eigenvalue weighted by Gasteiger charge is 2.22. The van der Waals surface area contributed by atoms with Crippen LogP contribution in [0.2, 0.25) is 0 Å². The highest BCUT2D eigenvalue weighted by molar-refractivity contribution is 5.77. The standard InChI is InChI=1S/C10H21N3O2/c1-8(10(14)12-11)6-13-5-3-4-9(7-13)15-2/h8-9H,3-7,11H2,1-2H3,(H,12,14). The first-order chi connectivity index (χ1) is 7.17. The second kappa shape index (κ2) is 6.05. The Morgan fingerprint density at radius 2 is 2.47 bits per heavy atom. The van der Waals surface area contributed by atoms with Crippen LogP contribution in [0.1, 0.15) is 19.8 Å². The van der Waals surface area contributed by atoms with Crippen LogP contribution in [0.4, 0.5) is 0 Å². The molecule has 0 aromatic heterocycles. The van der Waals surface area contributed by atoms with E-state index in [2.05, 4.69) is 10.3 Å². The van der Waals surface area contributed by atoms with Gasteiger partial charge < -0.3 is 4.74 Å². The minimum Gasteiger partial charge on any atom is -0.380 e. The summed E-state index contributed by atoms with van der Waals surface area (Å²) in [7, 11) is 1.74. The Balaban J connectivity index is 2.34. The molecule has 0 aromatic carbocycles. The van der Waals surface area contributed by atoms with Crippen LogP contribution in [0, 0.1) is 5.92 Å². The normalized spacial score (nSPS) is 24.9. The van der Waals surface area contributed by atoms with Crippen molar-refractivity contribution < 1.29 is 9.53 Å². The first-order valence-corrected chi connectivity index (χ1v) is 5.43. The molecule has 0 aliphatic carbocycles. The van der Waals surface area contributed by atoms with E-state index in [1.54, 1.807) is 7.11 Å². The third-order valence-corrected chi connectivity index (χ3v) is 2.92. The number of hydrogen-bond donors (Lipinski definition) is 2. The molecule has 1 heterocycles. The van der Waals surface area contributed by atoms with Crippen molar-refractivity contribution in [2.24, 2.45) is 11.8 Å². The summed E-state index contributed by atoms with van der Waals surface area (Å²) in [6.45, 7) is 4.60. The summed E-state index contributed by atoms with van der Waals surface area (Å²) in [6, 6.07) is 0. The number of amides is 1. The van der Waals surface area contributed by atoms with Crippen molar-refractivity contribution in [1.29, 1.82) is 0 Å². The van der Waals surface area contributed by atoms with E-state index in [0.29, 0.717) is 6.10 Å². The number of ether oxygens (including phenoxy) is 1.